The van der Waals surface area contributed by atoms with Crippen LogP contribution in [0.25, 0.3) is 0 Å². The number of ether oxygens (including phenoxy) is 2. The summed E-state index contributed by atoms with van der Waals surface area (Å²) in [6.07, 6.45) is -2.15. The summed E-state index contributed by atoms with van der Waals surface area (Å²) in [5, 5.41) is 19.2. The first-order valence-electron chi connectivity index (χ1n) is 7.95. The summed E-state index contributed by atoms with van der Waals surface area (Å²) in [5.74, 6) is 0. The predicted molar refractivity (Wildman–Crippen MR) is 86.7 cm³/mol. The second-order valence-corrected chi connectivity index (χ2v) is 7.64. The van der Waals surface area contributed by atoms with Gasteiger partial charge in [-0.2, -0.15) is 5.26 Å². The van der Waals surface area contributed by atoms with Crippen molar-refractivity contribution < 1.29 is 32.7 Å². The predicted octanol–water partition coefficient (Wildman–Crippen LogP) is -0.735. The average Bonchev–Trinajstić information content (AvgIpc) is 2.90. The number of hydrogen-bond donors (Lipinski definition) is 2. The van der Waals surface area contributed by atoms with Gasteiger partial charge in [-0.25, -0.2) is 9.36 Å². The number of aromatic amines is 1. The molecule has 2 saturated heterocycles. The third-order valence-electron chi connectivity index (χ3n) is 4.28. The van der Waals surface area contributed by atoms with Crippen molar-refractivity contribution in [1.82, 2.24) is 9.55 Å². The zero-order valence-electron chi connectivity index (χ0n) is 14.3. The standard InChI is InChI=1S/C14H18N3O9P/c1-22-10-11(19)14(7-24-27(21,25-8-14)23-6-2-4-15)26-12(10)17-5-3-9(18)16-13(17)20/h3,5,10-12,19H,2,6-8H2,1H3,(H,16,18,20)/t10-,11?,12+,14?,27?/m0/s1. The van der Waals surface area contributed by atoms with Gasteiger partial charge in [-0.1, -0.05) is 0 Å². The molecule has 0 aliphatic carbocycles. The van der Waals surface area contributed by atoms with E-state index in [-0.39, 0.29) is 26.2 Å². The molecule has 2 fully saturated rings. The van der Waals surface area contributed by atoms with Crippen molar-refractivity contribution in [2.45, 2.75) is 30.5 Å². The van der Waals surface area contributed by atoms with Crippen LogP contribution < -0.4 is 11.2 Å². The van der Waals surface area contributed by atoms with Crippen molar-refractivity contribution >= 4 is 7.82 Å². The Balaban J connectivity index is 1.80. The Morgan fingerprint density at radius 3 is 2.78 bits per heavy atom. The van der Waals surface area contributed by atoms with E-state index in [9.17, 15) is 19.3 Å². The molecule has 1 unspecified atom stereocenters. The van der Waals surface area contributed by atoms with Crippen LogP contribution in [0.5, 0.6) is 0 Å². The zero-order chi connectivity index (χ0) is 19.7. The molecule has 148 valence electrons. The van der Waals surface area contributed by atoms with Gasteiger partial charge < -0.3 is 14.6 Å². The number of aliphatic hydroxyl groups excluding tert-OH is 1. The Hall–Kier alpha value is -1.84. The van der Waals surface area contributed by atoms with Crippen LogP contribution in [0.3, 0.4) is 0 Å². The van der Waals surface area contributed by atoms with E-state index in [4.69, 9.17) is 28.3 Å². The number of rotatable bonds is 5. The van der Waals surface area contributed by atoms with Crippen LogP contribution in [-0.2, 0) is 27.6 Å². The van der Waals surface area contributed by atoms with Gasteiger partial charge in [0, 0.05) is 19.4 Å². The normalized spacial score (nSPS) is 36.0. The van der Waals surface area contributed by atoms with Gasteiger partial charge >= 0.3 is 13.5 Å². The van der Waals surface area contributed by atoms with Gasteiger partial charge in [-0.3, -0.25) is 27.9 Å². The summed E-state index contributed by atoms with van der Waals surface area (Å²) < 4.78 is 39.7. The maximum Gasteiger partial charge on any atom is 0.475 e. The number of phosphoric acid groups is 1. The first-order valence-corrected chi connectivity index (χ1v) is 9.41. The van der Waals surface area contributed by atoms with Gasteiger partial charge in [0.2, 0.25) is 0 Å². The number of methoxy groups -OCH3 is 1. The minimum Gasteiger partial charge on any atom is -0.387 e. The molecule has 3 heterocycles. The summed E-state index contributed by atoms with van der Waals surface area (Å²) in [7, 11) is -2.56. The van der Waals surface area contributed by atoms with E-state index in [0.717, 1.165) is 10.6 Å². The summed E-state index contributed by atoms with van der Waals surface area (Å²) in [4.78, 5) is 25.4. The largest absolute Gasteiger partial charge is 0.475 e. The van der Waals surface area contributed by atoms with E-state index >= 15 is 0 Å². The van der Waals surface area contributed by atoms with Gasteiger partial charge in [0.15, 0.2) is 6.23 Å². The highest BCUT2D eigenvalue weighted by molar-refractivity contribution is 7.48. The van der Waals surface area contributed by atoms with Crippen molar-refractivity contribution in [3.05, 3.63) is 33.1 Å². The lowest BCUT2D eigenvalue weighted by Crippen LogP contribution is -2.52. The highest BCUT2D eigenvalue weighted by atomic mass is 31.2. The van der Waals surface area contributed by atoms with Crippen LogP contribution in [0, 0.1) is 11.3 Å². The molecule has 1 aromatic rings. The minimum absolute atomic E-state index is 0.00390. The molecule has 12 nitrogen and oxygen atoms in total. The molecule has 2 N–H and O–H groups in total. The number of nitrogens with one attached hydrogen (secondary N) is 1. The zero-order valence-corrected chi connectivity index (χ0v) is 15.2. The number of H-pyrrole nitrogens is 1. The minimum atomic E-state index is -3.88. The molecule has 0 radical (unpaired) electrons. The monoisotopic (exact) mass is 403 g/mol. The molecule has 2 aliphatic heterocycles. The molecule has 0 saturated carbocycles. The van der Waals surface area contributed by atoms with Crippen molar-refractivity contribution in [1.29, 1.82) is 5.26 Å². The lowest BCUT2D eigenvalue weighted by Gasteiger charge is -2.37. The summed E-state index contributed by atoms with van der Waals surface area (Å²) >= 11 is 0. The first kappa shape index (κ1) is 19.9. The van der Waals surface area contributed by atoms with Crippen LogP contribution in [0.2, 0.25) is 0 Å². The average molecular weight is 403 g/mol. The second kappa shape index (κ2) is 7.65. The molecule has 13 heteroatoms. The van der Waals surface area contributed by atoms with Crippen LogP contribution in [0.15, 0.2) is 21.9 Å². The summed E-state index contributed by atoms with van der Waals surface area (Å²) in [6.45, 7) is -0.848. The second-order valence-electron chi connectivity index (χ2n) is 5.97. The van der Waals surface area contributed by atoms with Crippen molar-refractivity contribution in [2.75, 3.05) is 26.9 Å². The summed E-state index contributed by atoms with van der Waals surface area (Å²) in [6, 6.07) is 2.96. The van der Waals surface area contributed by atoms with Crippen LogP contribution in [0.1, 0.15) is 12.6 Å². The van der Waals surface area contributed by atoms with E-state index < -0.39 is 43.1 Å². The lowest BCUT2D eigenvalue weighted by atomic mass is 9.97. The van der Waals surface area contributed by atoms with Crippen molar-refractivity contribution in [3.8, 4) is 6.07 Å². The topological polar surface area (TPSA) is 162 Å². The van der Waals surface area contributed by atoms with E-state index in [1.165, 1.54) is 13.3 Å². The fourth-order valence-corrected chi connectivity index (χ4v) is 4.18. The fourth-order valence-electron chi connectivity index (χ4n) is 2.89. The van der Waals surface area contributed by atoms with Gasteiger partial charge in [0.25, 0.3) is 5.56 Å². The molecule has 0 aromatic carbocycles. The number of aromatic nitrogens is 2. The number of hydrogen-bond acceptors (Lipinski definition) is 10. The van der Waals surface area contributed by atoms with Gasteiger partial charge in [0.1, 0.15) is 17.8 Å². The van der Waals surface area contributed by atoms with Crippen molar-refractivity contribution in [3.63, 3.8) is 0 Å². The molecule has 1 aromatic heterocycles. The third kappa shape index (κ3) is 3.76. The van der Waals surface area contributed by atoms with Crippen LogP contribution in [0.4, 0.5) is 0 Å². The van der Waals surface area contributed by atoms with E-state index in [0.29, 0.717) is 0 Å². The SMILES string of the molecule is CO[C@H]1C(O)C2(COP(=O)(OCCC#N)OC2)O[C@H]1n1ccc(=O)[nH]c1=O. The molecular formula is C14H18N3O9P. The Bertz CT molecular complexity index is 879. The molecule has 0 bridgehead atoms. The number of aliphatic hydroxyl groups is 1. The van der Waals surface area contributed by atoms with Gasteiger partial charge in [-0.05, 0) is 0 Å². The highest BCUT2D eigenvalue weighted by Crippen LogP contribution is 2.56. The lowest BCUT2D eigenvalue weighted by molar-refractivity contribution is -0.166. The maximum atomic E-state index is 12.3. The van der Waals surface area contributed by atoms with E-state index in [1.54, 1.807) is 0 Å². The first-order chi connectivity index (χ1) is 12.8. The summed E-state index contributed by atoms with van der Waals surface area (Å²) in [5.41, 5.74) is -2.80. The Morgan fingerprint density at radius 1 is 1.48 bits per heavy atom. The Kier molecular flexibility index (Phi) is 5.64. The highest BCUT2D eigenvalue weighted by Gasteiger charge is 2.60. The Labute approximate surface area is 152 Å². The number of nitrogens with zero attached hydrogens (tertiary/aromatic N) is 2. The van der Waals surface area contributed by atoms with Crippen LogP contribution >= 0.6 is 7.82 Å². The molecule has 1 spiro atoms. The van der Waals surface area contributed by atoms with E-state index in [1.807, 2.05) is 6.07 Å². The van der Waals surface area contributed by atoms with E-state index in [2.05, 4.69) is 4.98 Å². The molecule has 2 aliphatic rings. The Morgan fingerprint density at radius 2 is 2.19 bits per heavy atom. The van der Waals surface area contributed by atoms with Crippen LogP contribution in [-0.4, -0.2) is 59.4 Å². The number of nitriles is 1. The smallest absolute Gasteiger partial charge is 0.387 e. The van der Waals surface area contributed by atoms with Gasteiger partial charge in [0.05, 0.1) is 32.3 Å². The van der Waals surface area contributed by atoms with Gasteiger partial charge in [-0.15, -0.1) is 0 Å². The molecule has 3 rings (SSSR count). The molecule has 0 amide bonds. The molecule has 27 heavy (non-hydrogen) atoms. The third-order valence-corrected chi connectivity index (χ3v) is 5.67. The fraction of sp³-hybridized carbons (Fsp3) is 0.643. The number of phosphoric ester groups is 1. The maximum absolute atomic E-state index is 12.3. The molecule has 3 atom stereocenters. The van der Waals surface area contributed by atoms with Crippen molar-refractivity contribution in [2.24, 2.45) is 0 Å². The quantitative estimate of drug-likeness (QED) is 0.473. The molecular weight excluding hydrogens is 385 g/mol.